The lowest BCUT2D eigenvalue weighted by Gasteiger charge is -2.25. The van der Waals surface area contributed by atoms with Crippen LogP contribution < -0.4 is 16.0 Å². The van der Waals surface area contributed by atoms with Crippen LogP contribution in [0.25, 0.3) is 0 Å². The van der Waals surface area contributed by atoms with E-state index < -0.39 is 24.0 Å². The normalized spacial score (nSPS) is 20.3. The fraction of sp³-hybridized carbons (Fsp3) is 0.800. The van der Waals surface area contributed by atoms with Gasteiger partial charge in [0.05, 0.1) is 6.04 Å². The van der Waals surface area contributed by atoms with E-state index in [1.807, 2.05) is 27.7 Å². The molecule has 0 aliphatic carbocycles. The van der Waals surface area contributed by atoms with Crippen molar-refractivity contribution >= 4 is 29.5 Å². The first-order chi connectivity index (χ1) is 10.7. The van der Waals surface area contributed by atoms with Crippen molar-refractivity contribution in [2.24, 2.45) is 11.8 Å². The number of nitrogens with one attached hydrogen (secondary N) is 3. The monoisotopic (exact) mass is 345 g/mol. The van der Waals surface area contributed by atoms with Crippen molar-refractivity contribution in [2.75, 3.05) is 11.6 Å². The minimum Gasteiger partial charge on any atom is -0.480 e. The lowest BCUT2D eigenvalue weighted by Crippen LogP contribution is -2.56. The van der Waals surface area contributed by atoms with Gasteiger partial charge in [-0.15, -0.1) is 11.8 Å². The van der Waals surface area contributed by atoms with Gasteiger partial charge in [0.2, 0.25) is 11.8 Å². The summed E-state index contributed by atoms with van der Waals surface area (Å²) in [7, 11) is 0. The fourth-order valence-electron chi connectivity index (χ4n) is 2.31. The highest BCUT2D eigenvalue weighted by atomic mass is 32.2. The Hall–Kier alpha value is -1.28. The van der Waals surface area contributed by atoms with Gasteiger partial charge in [-0.2, -0.15) is 0 Å². The Morgan fingerprint density at radius 3 is 2.30 bits per heavy atom. The second kappa shape index (κ2) is 9.12. The molecule has 1 rings (SSSR count). The van der Waals surface area contributed by atoms with E-state index in [-0.39, 0.29) is 23.8 Å². The molecule has 0 spiro atoms. The summed E-state index contributed by atoms with van der Waals surface area (Å²) < 4.78 is 0. The van der Waals surface area contributed by atoms with E-state index in [9.17, 15) is 19.5 Å². The zero-order valence-corrected chi connectivity index (χ0v) is 14.9. The van der Waals surface area contributed by atoms with Gasteiger partial charge in [-0.25, -0.2) is 4.79 Å². The van der Waals surface area contributed by atoms with E-state index in [4.69, 9.17) is 0 Å². The van der Waals surface area contributed by atoms with Gasteiger partial charge < -0.3 is 15.7 Å². The number of hydrogen-bond acceptors (Lipinski definition) is 5. The quantitative estimate of drug-likeness (QED) is 0.507. The molecule has 8 heteroatoms. The average Bonchev–Trinajstić information content (AvgIpc) is 2.96. The molecule has 0 bridgehead atoms. The molecular formula is C15H27N3O4S. The second-order valence-electron chi connectivity index (χ2n) is 6.53. The van der Waals surface area contributed by atoms with Crippen LogP contribution in [0.15, 0.2) is 0 Å². The van der Waals surface area contributed by atoms with Crippen LogP contribution in [-0.4, -0.2) is 52.6 Å². The number of carboxylic acids is 1. The Morgan fingerprint density at radius 1 is 1.22 bits per heavy atom. The van der Waals surface area contributed by atoms with Gasteiger partial charge in [0.1, 0.15) is 12.1 Å². The predicted molar refractivity (Wildman–Crippen MR) is 90.0 cm³/mol. The molecule has 0 aromatic heterocycles. The van der Waals surface area contributed by atoms with Crippen molar-refractivity contribution in [3.8, 4) is 0 Å². The zero-order valence-electron chi connectivity index (χ0n) is 14.1. The first kappa shape index (κ1) is 19.8. The molecule has 0 saturated carbocycles. The van der Waals surface area contributed by atoms with Crippen LogP contribution in [0.3, 0.4) is 0 Å². The van der Waals surface area contributed by atoms with Crippen LogP contribution in [0.1, 0.15) is 34.1 Å². The molecular weight excluding hydrogens is 318 g/mol. The highest BCUT2D eigenvalue weighted by Gasteiger charge is 2.31. The number of hydrogen-bond donors (Lipinski definition) is 4. The standard InChI is InChI=1S/C15H27N3O4S/c1-8(2)5-10(15(21)22)17-14(20)12(9(3)4)18-13(19)11-6-23-7-16-11/h8-12,16H,5-7H2,1-4H3,(H,17,20)(H,18,19)(H,21,22)/t10-,11-,12+/m0/s1. The summed E-state index contributed by atoms with van der Waals surface area (Å²) in [5.74, 6) is -0.346. The van der Waals surface area contributed by atoms with Crippen LogP contribution in [0.2, 0.25) is 0 Å². The van der Waals surface area contributed by atoms with Gasteiger partial charge in [0, 0.05) is 11.6 Å². The maximum Gasteiger partial charge on any atom is 0.326 e. The van der Waals surface area contributed by atoms with Crippen LogP contribution in [-0.2, 0) is 14.4 Å². The molecule has 2 amide bonds. The van der Waals surface area contributed by atoms with Crippen molar-refractivity contribution in [3.05, 3.63) is 0 Å². The Labute approximate surface area is 141 Å². The molecule has 0 radical (unpaired) electrons. The summed E-state index contributed by atoms with van der Waals surface area (Å²) in [5, 5.41) is 17.6. The summed E-state index contributed by atoms with van der Waals surface area (Å²) in [6.45, 7) is 7.43. The molecule has 1 heterocycles. The summed E-state index contributed by atoms with van der Waals surface area (Å²) in [6, 6.07) is -2.00. The number of carboxylic acid groups (broad SMARTS) is 1. The number of carbonyl (C=O) groups is 3. The van der Waals surface area contributed by atoms with E-state index in [2.05, 4.69) is 16.0 Å². The van der Waals surface area contributed by atoms with Gasteiger partial charge in [0.25, 0.3) is 0 Å². The highest BCUT2D eigenvalue weighted by molar-refractivity contribution is 7.99. The molecule has 0 unspecified atom stereocenters. The Bertz CT molecular complexity index is 436. The number of rotatable bonds is 8. The molecule has 1 saturated heterocycles. The predicted octanol–water partition coefficient (Wildman–Crippen LogP) is 0.405. The SMILES string of the molecule is CC(C)C[C@H](NC(=O)[C@H](NC(=O)[C@@H]1CSCN1)C(C)C)C(=O)O. The number of carbonyl (C=O) groups excluding carboxylic acids is 2. The third-order valence-corrected chi connectivity index (χ3v) is 4.54. The molecule has 7 nitrogen and oxygen atoms in total. The van der Waals surface area contributed by atoms with Gasteiger partial charge in [-0.3, -0.25) is 14.9 Å². The minimum absolute atomic E-state index is 0.137. The molecule has 1 aliphatic heterocycles. The third kappa shape index (κ3) is 6.39. The smallest absolute Gasteiger partial charge is 0.326 e. The second-order valence-corrected chi connectivity index (χ2v) is 7.56. The van der Waals surface area contributed by atoms with Crippen LogP contribution in [0.5, 0.6) is 0 Å². The van der Waals surface area contributed by atoms with Gasteiger partial charge in [-0.1, -0.05) is 27.7 Å². The minimum atomic E-state index is -1.06. The van der Waals surface area contributed by atoms with Crippen molar-refractivity contribution < 1.29 is 19.5 Å². The van der Waals surface area contributed by atoms with E-state index in [1.165, 1.54) is 0 Å². The number of amides is 2. The van der Waals surface area contributed by atoms with Crippen molar-refractivity contribution in [3.63, 3.8) is 0 Å². The number of aliphatic carboxylic acids is 1. The summed E-state index contributed by atoms with van der Waals surface area (Å²) >= 11 is 1.63. The topological polar surface area (TPSA) is 108 Å². The van der Waals surface area contributed by atoms with E-state index in [0.29, 0.717) is 18.1 Å². The fourth-order valence-corrected chi connectivity index (χ4v) is 3.25. The molecule has 0 aromatic rings. The lowest BCUT2D eigenvalue weighted by atomic mass is 10.00. The Morgan fingerprint density at radius 2 is 1.87 bits per heavy atom. The Balaban J connectivity index is 2.69. The van der Waals surface area contributed by atoms with E-state index in [0.717, 1.165) is 0 Å². The molecule has 3 atom stereocenters. The molecule has 23 heavy (non-hydrogen) atoms. The first-order valence-electron chi connectivity index (χ1n) is 7.87. The summed E-state index contributed by atoms with van der Waals surface area (Å²) in [4.78, 5) is 35.9. The van der Waals surface area contributed by atoms with Gasteiger partial charge in [-0.05, 0) is 18.3 Å². The van der Waals surface area contributed by atoms with E-state index in [1.54, 1.807) is 11.8 Å². The van der Waals surface area contributed by atoms with Crippen LogP contribution in [0, 0.1) is 11.8 Å². The highest BCUT2D eigenvalue weighted by Crippen LogP contribution is 2.11. The Kier molecular flexibility index (Phi) is 7.84. The van der Waals surface area contributed by atoms with Crippen LogP contribution in [0.4, 0.5) is 0 Å². The molecule has 4 N–H and O–H groups in total. The van der Waals surface area contributed by atoms with Crippen LogP contribution >= 0.6 is 11.8 Å². The molecule has 132 valence electrons. The maximum atomic E-state index is 12.4. The summed E-state index contributed by atoms with van der Waals surface area (Å²) in [6.07, 6.45) is 0.348. The van der Waals surface area contributed by atoms with Crippen molar-refractivity contribution in [2.45, 2.75) is 52.2 Å². The third-order valence-electron chi connectivity index (χ3n) is 3.60. The van der Waals surface area contributed by atoms with Gasteiger partial charge >= 0.3 is 5.97 Å². The zero-order chi connectivity index (χ0) is 17.6. The average molecular weight is 345 g/mol. The van der Waals surface area contributed by atoms with Crippen molar-refractivity contribution in [1.82, 2.24) is 16.0 Å². The summed E-state index contributed by atoms with van der Waals surface area (Å²) in [5.41, 5.74) is 0. The maximum absolute atomic E-state index is 12.4. The van der Waals surface area contributed by atoms with E-state index >= 15 is 0 Å². The van der Waals surface area contributed by atoms with Gasteiger partial charge in [0.15, 0.2) is 0 Å². The largest absolute Gasteiger partial charge is 0.480 e. The molecule has 0 aromatic carbocycles. The first-order valence-corrected chi connectivity index (χ1v) is 9.02. The number of thioether (sulfide) groups is 1. The molecule has 1 aliphatic rings. The lowest BCUT2D eigenvalue weighted by molar-refractivity contribution is -0.143. The van der Waals surface area contributed by atoms with Crippen molar-refractivity contribution in [1.29, 1.82) is 0 Å². The molecule has 1 fully saturated rings.